The van der Waals surface area contributed by atoms with Crippen LogP contribution in [0.4, 0.5) is 5.95 Å². The van der Waals surface area contributed by atoms with E-state index in [0.717, 1.165) is 0 Å². The number of carbonyl (C=O) groups excluding carboxylic acids is 1. The van der Waals surface area contributed by atoms with Gasteiger partial charge in [0, 0.05) is 5.69 Å². The molecule has 0 atom stereocenters. The molecule has 0 aliphatic rings. The van der Waals surface area contributed by atoms with Gasteiger partial charge in [-0.25, -0.2) is 19.9 Å². The fourth-order valence-corrected chi connectivity index (χ4v) is 1.52. The Balaban J connectivity index is 2.18. The third-order valence-corrected chi connectivity index (χ3v) is 2.29. The van der Waals surface area contributed by atoms with Crippen molar-refractivity contribution in [1.29, 1.82) is 0 Å². The fourth-order valence-electron chi connectivity index (χ4n) is 1.18. The van der Waals surface area contributed by atoms with E-state index in [9.17, 15) is 4.79 Å². The summed E-state index contributed by atoms with van der Waals surface area (Å²) in [6, 6.07) is 1.58. The molecule has 0 saturated heterocycles. The summed E-state index contributed by atoms with van der Waals surface area (Å²) in [7, 11) is 0. The topological polar surface area (TPSA) is 80.7 Å². The van der Waals surface area contributed by atoms with E-state index >= 15 is 0 Å². The van der Waals surface area contributed by atoms with Crippen molar-refractivity contribution in [3.05, 3.63) is 40.2 Å². The molecule has 0 saturated carbocycles. The van der Waals surface area contributed by atoms with Crippen molar-refractivity contribution in [1.82, 2.24) is 19.9 Å². The van der Waals surface area contributed by atoms with Gasteiger partial charge in [-0.05, 0) is 13.0 Å². The lowest BCUT2D eigenvalue weighted by molar-refractivity contribution is 0.102. The summed E-state index contributed by atoms with van der Waals surface area (Å²) in [6.45, 7) is 1.74. The SMILES string of the molecule is Cc1cc(Cl)nc(NC(=O)c2cnc(Cl)cn2)n1. The number of amides is 1. The van der Waals surface area contributed by atoms with Crippen LogP contribution in [0.1, 0.15) is 16.2 Å². The molecule has 0 bridgehead atoms. The number of nitrogens with one attached hydrogen (secondary N) is 1. The highest BCUT2D eigenvalue weighted by atomic mass is 35.5. The largest absolute Gasteiger partial charge is 0.289 e. The number of rotatable bonds is 2. The van der Waals surface area contributed by atoms with Crippen molar-refractivity contribution >= 4 is 35.1 Å². The lowest BCUT2D eigenvalue weighted by atomic mass is 10.4. The van der Waals surface area contributed by atoms with Crippen molar-refractivity contribution in [3.8, 4) is 0 Å². The first kappa shape index (κ1) is 12.7. The molecule has 0 spiro atoms. The van der Waals surface area contributed by atoms with Gasteiger partial charge in [-0.15, -0.1) is 0 Å². The van der Waals surface area contributed by atoms with Gasteiger partial charge >= 0.3 is 0 Å². The molecule has 2 aromatic heterocycles. The number of nitrogens with zero attached hydrogens (tertiary/aromatic N) is 4. The number of halogens is 2. The number of anilines is 1. The zero-order chi connectivity index (χ0) is 13.1. The summed E-state index contributed by atoms with van der Waals surface area (Å²) < 4.78 is 0. The minimum absolute atomic E-state index is 0.112. The second-order valence-corrected chi connectivity index (χ2v) is 4.11. The Labute approximate surface area is 112 Å². The molecule has 2 heterocycles. The van der Waals surface area contributed by atoms with Crippen molar-refractivity contribution in [2.45, 2.75) is 6.92 Å². The summed E-state index contributed by atoms with van der Waals surface area (Å²) in [4.78, 5) is 27.2. The van der Waals surface area contributed by atoms with Gasteiger partial charge in [0.2, 0.25) is 5.95 Å². The van der Waals surface area contributed by atoms with Crippen LogP contribution in [0.15, 0.2) is 18.5 Å². The zero-order valence-corrected chi connectivity index (χ0v) is 10.7. The average molecular weight is 284 g/mol. The second-order valence-electron chi connectivity index (χ2n) is 3.33. The average Bonchev–Trinajstić information content (AvgIpc) is 2.28. The van der Waals surface area contributed by atoms with Gasteiger partial charge in [0.15, 0.2) is 0 Å². The minimum atomic E-state index is -0.485. The maximum atomic E-state index is 11.8. The number of hydrogen-bond donors (Lipinski definition) is 1. The first-order chi connectivity index (χ1) is 8.54. The lowest BCUT2D eigenvalue weighted by Gasteiger charge is -2.04. The molecule has 1 N–H and O–H groups in total. The molecule has 18 heavy (non-hydrogen) atoms. The highest BCUT2D eigenvalue weighted by molar-refractivity contribution is 6.29. The first-order valence-corrected chi connectivity index (χ1v) is 5.60. The monoisotopic (exact) mass is 283 g/mol. The Morgan fingerprint density at radius 2 is 1.94 bits per heavy atom. The molecule has 0 radical (unpaired) electrons. The minimum Gasteiger partial charge on any atom is -0.289 e. The Hall–Kier alpha value is -1.79. The number of aryl methyl sites for hydroxylation is 1. The molecular weight excluding hydrogens is 277 g/mol. The molecule has 0 fully saturated rings. The maximum absolute atomic E-state index is 11.8. The Morgan fingerprint density at radius 3 is 2.56 bits per heavy atom. The third-order valence-electron chi connectivity index (χ3n) is 1.90. The van der Waals surface area contributed by atoms with Crippen LogP contribution in [-0.2, 0) is 0 Å². The number of aromatic nitrogens is 4. The van der Waals surface area contributed by atoms with Crippen LogP contribution in [0.25, 0.3) is 0 Å². The van der Waals surface area contributed by atoms with Gasteiger partial charge < -0.3 is 0 Å². The molecule has 2 aromatic rings. The van der Waals surface area contributed by atoms with Crippen LogP contribution >= 0.6 is 23.2 Å². The fraction of sp³-hybridized carbons (Fsp3) is 0.100. The molecule has 92 valence electrons. The van der Waals surface area contributed by atoms with E-state index in [1.807, 2.05) is 0 Å². The summed E-state index contributed by atoms with van der Waals surface area (Å²) in [5.74, 6) is -0.373. The Morgan fingerprint density at radius 1 is 1.17 bits per heavy atom. The van der Waals surface area contributed by atoms with Crippen LogP contribution in [0.2, 0.25) is 10.3 Å². The van der Waals surface area contributed by atoms with E-state index in [1.165, 1.54) is 12.4 Å². The molecule has 6 nitrogen and oxygen atoms in total. The predicted octanol–water partition coefficient (Wildman–Crippen LogP) is 2.13. The quantitative estimate of drug-likeness (QED) is 0.854. The molecule has 0 aromatic carbocycles. The lowest BCUT2D eigenvalue weighted by Crippen LogP contribution is -2.16. The summed E-state index contributed by atoms with van der Waals surface area (Å²) in [6.07, 6.45) is 2.54. The van der Waals surface area contributed by atoms with Gasteiger partial charge in [-0.2, -0.15) is 0 Å². The molecule has 0 aliphatic heterocycles. The van der Waals surface area contributed by atoms with Gasteiger partial charge in [0.25, 0.3) is 5.91 Å². The van der Waals surface area contributed by atoms with E-state index in [2.05, 4.69) is 25.3 Å². The molecule has 1 amide bonds. The van der Waals surface area contributed by atoms with E-state index < -0.39 is 5.91 Å². The molecule has 8 heteroatoms. The maximum Gasteiger partial charge on any atom is 0.278 e. The van der Waals surface area contributed by atoms with Crippen molar-refractivity contribution in [2.24, 2.45) is 0 Å². The Kier molecular flexibility index (Phi) is 3.69. The van der Waals surface area contributed by atoms with Crippen LogP contribution < -0.4 is 5.32 Å². The van der Waals surface area contributed by atoms with Crippen LogP contribution in [0.5, 0.6) is 0 Å². The molecule has 2 rings (SSSR count). The second kappa shape index (κ2) is 5.24. The number of carbonyl (C=O) groups is 1. The van der Waals surface area contributed by atoms with Crippen LogP contribution in [0.3, 0.4) is 0 Å². The smallest absolute Gasteiger partial charge is 0.278 e. The molecule has 0 aliphatic carbocycles. The van der Waals surface area contributed by atoms with E-state index in [0.29, 0.717) is 5.69 Å². The van der Waals surface area contributed by atoms with Crippen molar-refractivity contribution in [3.63, 3.8) is 0 Å². The zero-order valence-electron chi connectivity index (χ0n) is 9.19. The van der Waals surface area contributed by atoms with Crippen molar-refractivity contribution in [2.75, 3.05) is 5.32 Å². The normalized spacial score (nSPS) is 10.2. The van der Waals surface area contributed by atoms with E-state index in [1.54, 1.807) is 13.0 Å². The highest BCUT2D eigenvalue weighted by Gasteiger charge is 2.10. The highest BCUT2D eigenvalue weighted by Crippen LogP contribution is 2.10. The van der Waals surface area contributed by atoms with Gasteiger partial charge in [0.1, 0.15) is 16.0 Å². The molecule has 0 unspecified atom stereocenters. The van der Waals surface area contributed by atoms with Crippen LogP contribution in [0, 0.1) is 6.92 Å². The summed E-state index contributed by atoms with van der Waals surface area (Å²) >= 11 is 11.3. The standard InChI is InChI=1S/C10H7Cl2N5O/c1-5-2-7(11)16-10(15-5)17-9(18)6-3-14-8(12)4-13-6/h2-4H,1H3,(H,15,16,17,18). The van der Waals surface area contributed by atoms with Gasteiger partial charge in [-0.3, -0.25) is 10.1 Å². The first-order valence-electron chi connectivity index (χ1n) is 4.84. The third kappa shape index (κ3) is 3.12. The van der Waals surface area contributed by atoms with Crippen LogP contribution in [-0.4, -0.2) is 25.8 Å². The van der Waals surface area contributed by atoms with Gasteiger partial charge in [-0.1, -0.05) is 23.2 Å². The van der Waals surface area contributed by atoms with Gasteiger partial charge in [0.05, 0.1) is 12.4 Å². The molecular formula is C10H7Cl2N5O. The van der Waals surface area contributed by atoms with Crippen molar-refractivity contribution < 1.29 is 4.79 Å². The summed E-state index contributed by atoms with van der Waals surface area (Å²) in [5, 5.41) is 2.93. The summed E-state index contributed by atoms with van der Waals surface area (Å²) in [5.41, 5.74) is 0.758. The number of hydrogen-bond acceptors (Lipinski definition) is 5. The predicted molar refractivity (Wildman–Crippen MR) is 66.8 cm³/mol. The van der Waals surface area contributed by atoms with E-state index in [-0.39, 0.29) is 21.9 Å². The van der Waals surface area contributed by atoms with E-state index in [4.69, 9.17) is 23.2 Å². The Bertz CT molecular complexity index is 567.